The summed E-state index contributed by atoms with van der Waals surface area (Å²) in [4.78, 5) is 45.9. The van der Waals surface area contributed by atoms with Gasteiger partial charge in [0, 0.05) is 30.8 Å². The predicted molar refractivity (Wildman–Crippen MR) is 100 cm³/mol. The van der Waals surface area contributed by atoms with Crippen LogP contribution in [0, 0.1) is 10.1 Å². The first-order valence-corrected chi connectivity index (χ1v) is 8.11. The Kier molecular flexibility index (Phi) is 6.98. The second kappa shape index (κ2) is 9.62. The van der Waals surface area contributed by atoms with Gasteiger partial charge >= 0.3 is 12.0 Å². The smallest absolute Gasteiger partial charge is 0.331 e. The van der Waals surface area contributed by atoms with Gasteiger partial charge in [0.25, 0.3) is 11.6 Å². The Morgan fingerprint density at radius 2 is 1.71 bits per heavy atom. The molecule has 28 heavy (non-hydrogen) atoms. The van der Waals surface area contributed by atoms with E-state index >= 15 is 0 Å². The van der Waals surface area contributed by atoms with Crippen molar-refractivity contribution in [2.75, 3.05) is 7.05 Å². The van der Waals surface area contributed by atoms with Crippen molar-refractivity contribution in [3.8, 4) is 0 Å². The molecule has 2 N–H and O–H groups in total. The van der Waals surface area contributed by atoms with Gasteiger partial charge in [-0.15, -0.1) is 0 Å². The van der Waals surface area contributed by atoms with E-state index in [0.29, 0.717) is 11.1 Å². The highest BCUT2D eigenvalue weighted by Gasteiger charge is 2.25. The average Bonchev–Trinajstić information content (AvgIpc) is 2.71. The van der Waals surface area contributed by atoms with Crippen molar-refractivity contribution < 1.29 is 24.0 Å². The normalized spacial score (nSPS) is 11.5. The first-order chi connectivity index (χ1) is 13.4. The zero-order valence-corrected chi connectivity index (χ0v) is 14.8. The van der Waals surface area contributed by atoms with Gasteiger partial charge in [-0.05, 0) is 23.8 Å². The summed E-state index contributed by atoms with van der Waals surface area (Å²) in [5.74, 6) is -1.62. The van der Waals surface area contributed by atoms with Crippen LogP contribution in [0.1, 0.15) is 17.2 Å². The number of nitro groups is 1. The highest BCUT2D eigenvalue weighted by atomic mass is 16.6. The standard InChI is InChI=1S/C19H17N3O6/c1-20-19(25)21-18(24)17(14-5-3-2-4-6-14)28-16(23)12-9-13-7-10-15(11-8-13)22(26)27/h2-12,17H,1H3,(H2,20,21,24,25)/b12-9+/t17-/m1/s1. The molecule has 2 aromatic carbocycles. The lowest BCUT2D eigenvalue weighted by molar-refractivity contribution is -0.384. The number of hydrogen-bond donors (Lipinski definition) is 2. The summed E-state index contributed by atoms with van der Waals surface area (Å²) in [5.41, 5.74) is 0.851. The van der Waals surface area contributed by atoms with Gasteiger partial charge in [0.05, 0.1) is 4.92 Å². The zero-order chi connectivity index (χ0) is 20.5. The summed E-state index contributed by atoms with van der Waals surface area (Å²) in [6.07, 6.45) is 1.15. The number of carbonyl (C=O) groups is 3. The minimum atomic E-state index is -1.33. The fourth-order valence-corrected chi connectivity index (χ4v) is 2.17. The van der Waals surface area contributed by atoms with Crippen LogP contribution in [0.15, 0.2) is 60.7 Å². The predicted octanol–water partition coefficient (Wildman–Crippen LogP) is 2.35. The molecular formula is C19H17N3O6. The topological polar surface area (TPSA) is 128 Å². The van der Waals surface area contributed by atoms with E-state index in [2.05, 4.69) is 10.6 Å². The van der Waals surface area contributed by atoms with Crippen LogP contribution < -0.4 is 10.6 Å². The second-order valence-electron chi connectivity index (χ2n) is 5.48. The van der Waals surface area contributed by atoms with Gasteiger partial charge < -0.3 is 10.1 Å². The summed E-state index contributed by atoms with van der Waals surface area (Å²) < 4.78 is 5.20. The number of amides is 3. The van der Waals surface area contributed by atoms with Crippen molar-refractivity contribution in [2.45, 2.75) is 6.10 Å². The number of nitro benzene ring substituents is 1. The van der Waals surface area contributed by atoms with Crippen molar-refractivity contribution in [3.63, 3.8) is 0 Å². The number of non-ortho nitro benzene ring substituents is 1. The third-order valence-electron chi connectivity index (χ3n) is 3.55. The maximum atomic E-state index is 12.3. The molecule has 0 radical (unpaired) electrons. The Morgan fingerprint density at radius 3 is 2.29 bits per heavy atom. The number of benzene rings is 2. The fraction of sp³-hybridized carbons (Fsp3) is 0.105. The lowest BCUT2D eigenvalue weighted by atomic mass is 10.1. The molecule has 0 aliphatic rings. The van der Waals surface area contributed by atoms with Crippen LogP contribution in [-0.4, -0.2) is 29.9 Å². The summed E-state index contributed by atoms with van der Waals surface area (Å²) >= 11 is 0. The van der Waals surface area contributed by atoms with Crippen molar-refractivity contribution in [1.82, 2.24) is 10.6 Å². The Labute approximate surface area is 160 Å². The molecule has 9 heteroatoms. The van der Waals surface area contributed by atoms with Crippen molar-refractivity contribution in [1.29, 1.82) is 0 Å². The van der Waals surface area contributed by atoms with E-state index in [1.54, 1.807) is 30.3 Å². The van der Waals surface area contributed by atoms with E-state index in [1.807, 2.05) is 0 Å². The van der Waals surface area contributed by atoms with Crippen LogP contribution in [0.2, 0.25) is 0 Å². The fourth-order valence-electron chi connectivity index (χ4n) is 2.17. The van der Waals surface area contributed by atoms with Gasteiger partial charge in [0.2, 0.25) is 6.10 Å². The molecule has 0 unspecified atom stereocenters. The Hall–Kier alpha value is -4.01. The zero-order valence-electron chi connectivity index (χ0n) is 14.8. The maximum absolute atomic E-state index is 12.3. The third-order valence-corrected chi connectivity index (χ3v) is 3.55. The average molecular weight is 383 g/mol. The van der Waals surface area contributed by atoms with Gasteiger partial charge in [0.1, 0.15) is 0 Å². The summed E-state index contributed by atoms with van der Waals surface area (Å²) in [6, 6.07) is 13.0. The summed E-state index contributed by atoms with van der Waals surface area (Å²) in [5, 5.41) is 15.0. The molecule has 0 spiro atoms. The van der Waals surface area contributed by atoms with E-state index in [9.17, 15) is 24.5 Å². The van der Waals surface area contributed by atoms with Gasteiger partial charge in [-0.25, -0.2) is 9.59 Å². The van der Waals surface area contributed by atoms with Gasteiger partial charge in [-0.2, -0.15) is 0 Å². The second-order valence-corrected chi connectivity index (χ2v) is 5.48. The van der Waals surface area contributed by atoms with Crippen molar-refractivity contribution >= 4 is 29.7 Å². The molecule has 2 rings (SSSR count). The highest BCUT2D eigenvalue weighted by Crippen LogP contribution is 2.18. The molecule has 0 heterocycles. The highest BCUT2D eigenvalue weighted by molar-refractivity contribution is 5.98. The van der Waals surface area contributed by atoms with Crippen molar-refractivity contribution in [3.05, 3.63) is 81.9 Å². The lowest BCUT2D eigenvalue weighted by Crippen LogP contribution is -2.41. The lowest BCUT2D eigenvalue weighted by Gasteiger charge is -2.16. The first kappa shape index (κ1) is 20.3. The van der Waals surface area contributed by atoms with Crippen LogP contribution >= 0.6 is 0 Å². The summed E-state index contributed by atoms with van der Waals surface area (Å²) in [6.45, 7) is 0. The first-order valence-electron chi connectivity index (χ1n) is 8.11. The van der Waals surface area contributed by atoms with Crippen LogP contribution in [0.4, 0.5) is 10.5 Å². The molecule has 0 bridgehead atoms. The summed E-state index contributed by atoms with van der Waals surface area (Å²) in [7, 11) is 1.35. The molecule has 0 fully saturated rings. The number of ether oxygens (including phenoxy) is 1. The third kappa shape index (κ3) is 5.77. The number of carbonyl (C=O) groups excluding carboxylic acids is 3. The van der Waals surface area contributed by atoms with Crippen LogP contribution in [-0.2, 0) is 14.3 Å². The number of urea groups is 1. The molecule has 0 saturated carbocycles. The minimum Gasteiger partial charge on any atom is -0.444 e. The van der Waals surface area contributed by atoms with Gasteiger partial charge in [-0.3, -0.25) is 20.2 Å². The Morgan fingerprint density at radius 1 is 1.07 bits per heavy atom. The Bertz CT molecular complexity index is 894. The van der Waals surface area contributed by atoms with Crippen LogP contribution in [0.25, 0.3) is 6.08 Å². The number of imide groups is 1. The molecule has 2 aromatic rings. The number of rotatable bonds is 6. The molecule has 0 saturated heterocycles. The number of hydrogen-bond acceptors (Lipinski definition) is 6. The van der Waals surface area contributed by atoms with E-state index in [0.717, 1.165) is 6.08 Å². The number of nitrogens with one attached hydrogen (secondary N) is 2. The molecule has 3 amide bonds. The molecule has 144 valence electrons. The van der Waals surface area contributed by atoms with Gasteiger partial charge in [-0.1, -0.05) is 30.3 Å². The van der Waals surface area contributed by atoms with E-state index in [-0.39, 0.29) is 5.69 Å². The van der Waals surface area contributed by atoms with E-state index in [1.165, 1.54) is 37.4 Å². The SMILES string of the molecule is CNC(=O)NC(=O)[C@H](OC(=O)/C=C/c1ccc([N+](=O)[O-])cc1)c1ccccc1. The molecule has 0 aliphatic carbocycles. The van der Waals surface area contributed by atoms with Crippen molar-refractivity contribution in [2.24, 2.45) is 0 Å². The largest absolute Gasteiger partial charge is 0.444 e. The maximum Gasteiger partial charge on any atom is 0.331 e. The number of nitrogens with zero attached hydrogens (tertiary/aromatic N) is 1. The molecule has 9 nitrogen and oxygen atoms in total. The van der Waals surface area contributed by atoms with Crippen LogP contribution in [0.3, 0.4) is 0 Å². The molecular weight excluding hydrogens is 366 g/mol. The van der Waals surface area contributed by atoms with E-state index < -0.39 is 28.9 Å². The molecule has 0 aliphatic heterocycles. The number of esters is 1. The minimum absolute atomic E-state index is 0.0743. The van der Waals surface area contributed by atoms with Crippen LogP contribution in [0.5, 0.6) is 0 Å². The molecule has 1 atom stereocenters. The Balaban J connectivity index is 2.12. The monoisotopic (exact) mass is 383 g/mol. The van der Waals surface area contributed by atoms with Gasteiger partial charge in [0.15, 0.2) is 0 Å². The van der Waals surface area contributed by atoms with E-state index in [4.69, 9.17) is 4.74 Å². The quantitative estimate of drug-likeness (QED) is 0.341. The molecule has 0 aromatic heterocycles.